The predicted molar refractivity (Wildman–Crippen MR) is 111 cm³/mol. The Morgan fingerprint density at radius 3 is 2.67 bits per heavy atom. The molecule has 1 amide bonds. The molecule has 1 aliphatic carbocycles. The second kappa shape index (κ2) is 6.02. The van der Waals surface area contributed by atoms with Crippen LogP contribution in [0.3, 0.4) is 0 Å². The number of likely N-dealkylation sites (tertiary alicyclic amines) is 1. The molecule has 1 atom stereocenters. The quantitative estimate of drug-likeness (QED) is 0.716. The number of carbonyl (C=O) groups is 2. The largest absolute Gasteiger partial charge is 0.370 e. The number of hydrogen-bond donors (Lipinski definition) is 1. The minimum absolute atomic E-state index is 0.0275. The van der Waals surface area contributed by atoms with Crippen molar-refractivity contribution < 1.29 is 14.3 Å². The predicted octanol–water partition coefficient (Wildman–Crippen LogP) is 3.33. The lowest BCUT2D eigenvalue weighted by Crippen LogP contribution is -2.64. The van der Waals surface area contributed by atoms with Gasteiger partial charge in [0.05, 0.1) is 31.7 Å². The first-order valence-electron chi connectivity index (χ1n) is 11.0. The van der Waals surface area contributed by atoms with Crippen LogP contribution >= 0.6 is 0 Å². The lowest BCUT2D eigenvalue weighted by molar-refractivity contribution is -0.159. The number of nitrogens with one attached hydrogen (secondary N) is 1. The zero-order valence-electron chi connectivity index (χ0n) is 18.7. The van der Waals surface area contributed by atoms with Crippen molar-refractivity contribution in [3.8, 4) is 0 Å². The molecule has 7 heteroatoms. The van der Waals surface area contributed by atoms with Gasteiger partial charge in [-0.25, -0.2) is 0 Å². The molecular formula is C23H32N4O3. The van der Waals surface area contributed by atoms with Crippen LogP contribution in [-0.2, 0) is 14.3 Å². The molecule has 0 radical (unpaired) electrons. The van der Waals surface area contributed by atoms with Crippen LogP contribution in [0.5, 0.6) is 0 Å². The minimum atomic E-state index is -0.452. The van der Waals surface area contributed by atoms with Crippen molar-refractivity contribution in [2.45, 2.75) is 65.9 Å². The van der Waals surface area contributed by atoms with E-state index in [2.05, 4.69) is 50.2 Å². The summed E-state index contributed by atoms with van der Waals surface area (Å²) in [5.74, 6) is 1.21. The summed E-state index contributed by atoms with van der Waals surface area (Å²) in [6.07, 6.45) is 2.64. The van der Waals surface area contributed by atoms with Crippen LogP contribution in [0.2, 0.25) is 0 Å². The van der Waals surface area contributed by atoms with Gasteiger partial charge in [-0.1, -0.05) is 34.6 Å². The highest BCUT2D eigenvalue weighted by molar-refractivity contribution is 6.00. The summed E-state index contributed by atoms with van der Waals surface area (Å²) in [5, 5.41) is 12.0. The van der Waals surface area contributed by atoms with Gasteiger partial charge in [-0.3, -0.25) is 9.59 Å². The van der Waals surface area contributed by atoms with Crippen molar-refractivity contribution in [2.75, 3.05) is 26.2 Å². The number of carbonyl (C=O) groups excluding carboxylic acids is 2. The molecular weight excluding hydrogens is 380 g/mol. The summed E-state index contributed by atoms with van der Waals surface area (Å²) in [7, 11) is 0. The molecule has 1 unspecified atom stereocenters. The zero-order valence-corrected chi connectivity index (χ0v) is 18.7. The van der Waals surface area contributed by atoms with E-state index in [1.165, 1.54) is 0 Å². The molecule has 0 saturated carbocycles. The van der Waals surface area contributed by atoms with Crippen LogP contribution in [0, 0.1) is 16.2 Å². The molecule has 2 spiro atoms. The van der Waals surface area contributed by atoms with Crippen molar-refractivity contribution in [1.29, 1.82) is 0 Å². The first-order chi connectivity index (χ1) is 13.9. The van der Waals surface area contributed by atoms with Gasteiger partial charge in [0.15, 0.2) is 11.6 Å². The molecule has 30 heavy (non-hydrogen) atoms. The highest BCUT2D eigenvalue weighted by atomic mass is 16.5. The van der Waals surface area contributed by atoms with Crippen molar-refractivity contribution in [2.24, 2.45) is 26.5 Å². The number of allylic oxidation sites excluding steroid dienone is 1. The number of azo groups is 1. The number of nitrogens with zero attached hydrogens (tertiary/aromatic N) is 3. The standard InChI is InChI=1S/C23H32N4O3/c1-20(2,3)8-17(29)27-11-22(12-27)10-23(13-30-22)14-9-24-26-19(14)25-15-6-21(4,5)7-16(28)18(15)23/h25H,6-13H2,1-5H3. The Bertz CT molecular complexity index is 931. The van der Waals surface area contributed by atoms with Gasteiger partial charge in [0.1, 0.15) is 5.60 Å². The van der Waals surface area contributed by atoms with Crippen molar-refractivity contribution in [3.63, 3.8) is 0 Å². The Labute approximate surface area is 178 Å². The van der Waals surface area contributed by atoms with Crippen LogP contribution in [0.15, 0.2) is 32.9 Å². The number of Topliss-reactive ketones (excluding diaryl/α,β-unsaturated/α-hetero) is 1. The van der Waals surface area contributed by atoms with E-state index in [1.54, 1.807) is 0 Å². The molecule has 1 N–H and O–H groups in total. The SMILES string of the molecule is CC(C)(C)CC(=O)N1CC2(C1)CC1(CO2)C2=C(N=NC2)NC2=C1C(=O)CC(C)(C)C2. The van der Waals surface area contributed by atoms with E-state index in [1.807, 2.05) is 4.90 Å². The van der Waals surface area contributed by atoms with E-state index >= 15 is 0 Å². The van der Waals surface area contributed by atoms with Crippen molar-refractivity contribution in [3.05, 3.63) is 22.7 Å². The van der Waals surface area contributed by atoms with Crippen LogP contribution in [0.25, 0.3) is 0 Å². The lowest BCUT2D eigenvalue weighted by Gasteiger charge is -2.49. The van der Waals surface area contributed by atoms with Crippen molar-refractivity contribution in [1.82, 2.24) is 10.2 Å². The average Bonchev–Trinajstić information content (AvgIpc) is 3.16. The second-order valence-electron chi connectivity index (χ2n) is 11.9. The van der Waals surface area contributed by atoms with Gasteiger partial charge < -0.3 is 15.0 Å². The molecule has 0 aromatic carbocycles. The monoisotopic (exact) mass is 412 g/mol. The fourth-order valence-corrected chi connectivity index (χ4v) is 5.94. The summed E-state index contributed by atoms with van der Waals surface area (Å²) >= 11 is 0. The highest BCUT2D eigenvalue weighted by Crippen LogP contribution is 2.58. The Balaban J connectivity index is 1.43. The number of dihydropyridines is 1. The molecule has 7 nitrogen and oxygen atoms in total. The van der Waals surface area contributed by atoms with E-state index in [4.69, 9.17) is 4.74 Å². The third kappa shape index (κ3) is 2.96. The summed E-state index contributed by atoms with van der Waals surface area (Å²) in [4.78, 5) is 27.9. The Kier molecular flexibility index (Phi) is 4.00. The van der Waals surface area contributed by atoms with Gasteiger partial charge in [0.25, 0.3) is 0 Å². The summed E-state index contributed by atoms with van der Waals surface area (Å²) < 4.78 is 6.41. The van der Waals surface area contributed by atoms with Gasteiger partial charge in [-0.2, -0.15) is 5.11 Å². The van der Waals surface area contributed by atoms with Crippen LogP contribution in [0.1, 0.15) is 60.3 Å². The molecule has 0 bridgehead atoms. The summed E-state index contributed by atoms with van der Waals surface area (Å²) in [6, 6.07) is 0. The molecule has 5 rings (SSSR count). The molecule has 2 saturated heterocycles. The third-order valence-corrected chi connectivity index (χ3v) is 7.13. The first kappa shape index (κ1) is 19.9. The van der Waals surface area contributed by atoms with Gasteiger partial charge in [-0.05, 0) is 23.7 Å². The van der Waals surface area contributed by atoms with Gasteiger partial charge in [0.2, 0.25) is 5.91 Å². The number of ether oxygens (including phenoxy) is 1. The van der Waals surface area contributed by atoms with E-state index < -0.39 is 5.41 Å². The maximum Gasteiger partial charge on any atom is 0.223 e. The topological polar surface area (TPSA) is 83.4 Å². The Morgan fingerprint density at radius 2 is 1.97 bits per heavy atom. The second-order valence-corrected chi connectivity index (χ2v) is 11.9. The van der Waals surface area contributed by atoms with Gasteiger partial charge in [-0.15, -0.1) is 5.11 Å². The maximum atomic E-state index is 13.3. The number of hydrogen-bond acceptors (Lipinski definition) is 6. The number of fused-ring (bicyclic) bond motifs is 2. The smallest absolute Gasteiger partial charge is 0.223 e. The van der Waals surface area contributed by atoms with Crippen LogP contribution in [-0.4, -0.2) is 48.4 Å². The molecule has 162 valence electrons. The van der Waals surface area contributed by atoms with Gasteiger partial charge >= 0.3 is 0 Å². The summed E-state index contributed by atoms with van der Waals surface area (Å²) in [6.45, 7) is 12.7. The van der Waals surface area contributed by atoms with E-state index in [9.17, 15) is 9.59 Å². The minimum Gasteiger partial charge on any atom is -0.370 e. The first-order valence-corrected chi connectivity index (χ1v) is 11.0. The third-order valence-electron chi connectivity index (χ3n) is 7.13. The average molecular weight is 413 g/mol. The summed E-state index contributed by atoms with van der Waals surface area (Å²) in [5.41, 5.74) is 2.07. The fourth-order valence-electron chi connectivity index (χ4n) is 5.94. The molecule has 4 heterocycles. The Morgan fingerprint density at radius 1 is 1.23 bits per heavy atom. The molecule has 0 aromatic heterocycles. The number of ketones is 1. The van der Waals surface area contributed by atoms with E-state index in [0.29, 0.717) is 39.1 Å². The lowest BCUT2D eigenvalue weighted by atomic mass is 9.61. The molecule has 4 aliphatic heterocycles. The van der Waals surface area contributed by atoms with E-state index in [-0.39, 0.29) is 28.1 Å². The molecule has 2 fully saturated rings. The van der Waals surface area contributed by atoms with Crippen LogP contribution < -0.4 is 5.32 Å². The Hall–Kier alpha value is -2.02. The number of amides is 1. The molecule has 0 aromatic rings. The normalized spacial score (nSPS) is 31.2. The number of rotatable bonds is 1. The van der Waals surface area contributed by atoms with Gasteiger partial charge in [0, 0.05) is 29.7 Å². The molecule has 5 aliphatic rings. The highest BCUT2D eigenvalue weighted by Gasteiger charge is 2.63. The van der Waals surface area contributed by atoms with E-state index in [0.717, 1.165) is 35.5 Å². The van der Waals surface area contributed by atoms with Crippen LogP contribution in [0.4, 0.5) is 0 Å². The maximum absolute atomic E-state index is 13.3. The zero-order chi connectivity index (χ0) is 21.5. The fraction of sp³-hybridized carbons (Fsp3) is 0.739. The van der Waals surface area contributed by atoms with Crippen molar-refractivity contribution >= 4 is 11.7 Å².